The van der Waals surface area contributed by atoms with Gasteiger partial charge in [0, 0.05) is 23.7 Å². The molecule has 0 bridgehead atoms. The number of nitrogens with zero attached hydrogens (tertiary/aromatic N) is 8. The molecule has 8 heteroatoms. The summed E-state index contributed by atoms with van der Waals surface area (Å²) < 4.78 is 0. The van der Waals surface area contributed by atoms with Crippen LogP contribution in [0.4, 0.5) is 0 Å². The van der Waals surface area contributed by atoms with Crippen LogP contribution < -0.4 is 0 Å². The number of rotatable bonds is 0. The molecule has 0 radical (unpaired) electrons. The third-order valence-electron chi connectivity index (χ3n) is 6.77. The van der Waals surface area contributed by atoms with E-state index >= 15 is 0 Å². The molecule has 0 aliphatic heterocycles. The smallest absolute Gasteiger partial charge is 0.0789 e. The molecule has 8 atom stereocenters. The van der Waals surface area contributed by atoms with Gasteiger partial charge in [0.1, 0.15) is 0 Å². The van der Waals surface area contributed by atoms with E-state index in [0.29, 0.717) is 0 Å². The maximum atomic E-state index is 9.84. The summed E-state index contributed by atoms with van der Waals surface area (Å²) in [5.41, 5.74) is -2.12. The van der Waals surface area contributed by atoms with Gasteiger partial charge < -0.3 is 0 Å². The molecule has 0 heterocycles. The number of hydrogen-bond acceptors (Lipinski definition) is 8. The van der Waals surface area contributed by atoms with Crippen molar-refractivity contribution in [3.05, 3.63) is 0 Å². The fourth-order valence-electron chi connectivity index (χ4n) is 4.91. The largest absolute Gasteiger partial charge is 0.198 e. The Morgan fingerprint density at radius 3 is 1.06 bits per heavy atom. The number of nitriles is 8. The van der Waals surface area contributed by atoms with Crippen LogP contribution in [0.15, 0.2) is 0 Å². The van der Waals surface area contributed by atoms with Gasteiger partial charge in [-0.05, 0) is 44.9 Å². The molecule has 2 rings (SSSR count). The van der Waals surface area contributed by atoms with Crippen LogP contribution in [-0.2, 0) is 0 Å². The summed E-state index contributed by atoms with van der Waals surface area (Å²) in [5, 5.41) is 77.3. The Labute approximate surface area is 182 Å². The summed E-state index contributed by atoms with van der Waals surface area (Å²) in [6.45, 7) is 0. The maximum Gasteiger partial charge on any atom is 0.0789 e. The minimum Gasteiger partial charge on any atom is -0.198 e. The second-order valence-electron chi connectivity index (χ2n) is 8.69. The van der Waals surface area contributed by atoms with Crippen LogP contribution in [0.5, 0.6) is 0 Å². The second-order valence-corrected chi connectivity index (χ2v) is 8.69. The first kappa shape index (κ1) is 23.2. The van der Waals surface area contributed by atoms with Crippen LogP contribution >= 0.6 is 0 Å². The maximum absolute atomic E-state index is 9.84. The summed E-state index contributed by atoms with van der Waals surface area (Å²) in [4.78, 5) is 0. The Morgan fingerprint density at radius 1 is 0.452 bits per heavy atom. The molecule has 8 nitrogen and oxygen atoms in total. The summed E-state index contributed by atoms with van der Waals surface area (Å²) >= 11 is 0. The van der Waals surface area contributed by atoms with Gasteiger partial charge in [-0.25, -0.2) is 0 Å². The van der Waals surface area contributed by atoms with Crippen LogP contribution in [0.25, 0.3) is 0 Å². The Kier molecular flexibility index (Phi) is 7.19. The van der Waals surface area contributed by atoms with Gasteiger partial charge in [-0.3, -0.25) is 0 Å². The zero-order chi connectivity index (χ0) is 23.1. The minimum absolute atomic E-state index is 0.0895. The molecule has 0 N–H and O–H groups in total. The lowest BCUT2D eigenvalue weighted by Gasteiger charge is -2.25. The first-order valence-electron chi connectivity index (χ1n) is 10.1. The van der Waals surface area contributed by atoms with E-state index in [-0.39, 0.29) is 44.9 Å². The predicted octanol–water partition coefficient (Wildman–Crippen LogP) is 3.60. The van der Waals surface area contributed by atoms with E-state index in [1.165, 1.54) is 0 Å². The molecule has 0 aromatic heterocycles. The molecular formula is C23H20N8. The standard InChI is InChI=1S/C23H20N8/c24-7-16-1-18(9-26)5-22(14-30)13-23(22,15-31)6-19(10-27)2-17(8-25)4-21(12-29)20(3-16)11-28/h16-21H,1-6,13H2. The van der Waals surface area contributed by atoms with E-state index in [1.54, 1.807) is 0 Å². The molecule has 8 unspecified atom stereocenters. The lowest BCUT2D eigenvalue weighted by Crippen LogP contribution is -2.24. The SMILES string of the molecule is N#CC1CC(C#N)CC2(C#N)CC2(C#N)CC(C#N)CC(C#N)CC(C#N)C(C#N)C1. The van der Waals surface area contributed by atoms with Crippen molar-refractivity contribution in [2.24, 2.45) is 46.3 Å². The summed E-state index contributed by atoms with van der Waals surface area (Å²) in [6.07, 6.45) is 0.933. The first-order chi connectivity index (χ1) is 14.9. The molecule has 152 valence electrons. The van der Waals surface area contributed by atoms with E-state index < -0.39 is 46.3 Å². The summed E-state index contributed by atoms with van der Waals surface area (Å²) in [7, 11) is 0. The van der Waals surface area contributed by atoms with Crippen LogP contribution in [-0.4, -0.2) is 0 Å². The Morgan fingerprint density at radius 2 is 0.806 bits per heavy atom. The Balaban J connectivity index is 2.48. The van der Waals surface area contributed by atoms with Gasteiger partial charge in [0.2, 0.25) is 0 Å². The van der Waals surface area contributed by atoms with Gasteiger partial charge >= 0.3 is 0 Å². The molecule has 2 fully saturated rings. The van der Waals surface area contributed by atoms with Crippen LogP contribution in [0, 0.1) is 137 Å². The van der Waals surface area contributed by atoms with Gasteiger partial charge in [0.15, 0.2) is 0 Å². The van der Waals surface area contributed by atoms with Crippen molar-refractivity contribution in [3.63, 3.8) is 0 Å². The quantitative estimate of drug-likeness (QED) is 0.580. The zero-order valence-corrected chi connectivity index (χ0v) is 17.0. The fourth-order valence-corrected chi connectivity index (χ4v) is 4.91. The minimum atomic E-state index is -1.06. The van der Waals surface area contributed by atoms with Gasteiger partial charge in [-0.1, -0.05) is 0 Å². The second kappa shape index (κ2) is 9.61. The van der Waals surface area contributed by atoms with Crippen molar-refractivity contribution in [3.8, 4) is 48.6 Å². The highest BCUT2D eigenvalue weighted by Gasteiger charge is 2.69. The van der Waals surface area contributed by atoms with Crippen molar-refractivity contribution in [1.29, 1.82) is 42.1 Å². The van der Waals surface area contributed by atoms with Crippen molar-refractivity contribution in [1.82, 2.24) is 0 Å². The lowest BCUT2D eigenvalue weighted by molar-refractivity contribution is 0.284. The molecule has 0 saturated heterocycles. The van der Waals surface area contributed by atoms with Crippen molar-refractivity contribution >= 4 is 0 Å². The average Bonchev–Trinajstić information content (AvgIpc) is 3.44. The highest BCUT2D eigenvalue weighted by Crippen LogP contribution is 2.69. The lowest BCUT2D eigenvalue weighted by atomic mass is 9.74. The van der Waals surface area contributed by atoms with E-state index in [9.17, 15) is 42.1 Å². The fraction of sp³-hybridized carbons (Fsp3) is 0.652. The number of fused-ring (bicyclic) bond motifs is 1. The summed E-state index contributed by atoms with van der Waals surface area (Å²) in [5.74, 6) is -4.20. The van der Waals surface area contributed by atoms with Gasteiger partial charge in [-0.15, -0.1) is 0 Å². The molecular weight excluding hydrogens is 388 g/mol. The topological polar surface area (TPSA) is 190 Å². The molecule has 0 spiro atoms. The molecule has 2 aliphatic carbocycles. The van der Waals surface area contributed by atoms with E-state index in [1.807, 2.05) is 0 Å². The normalized spacial score (nSPS) is 40.0. The zero-order valence-electron chi connectivity index (χ0n) is 17.0. The third-order valence-corrected chi connectivity index (χ3v) is 6.77. The third kappa shape index (κ3) is 4.58. The van der Waals surface area contributed by atoms with Crippen LogP contribution in [0.2, 0.25) is 0 Å². The van der Waals surface area contributed by atoms with Gasteiger partial charge in [-0.2, -0.15) is 42.1 Å². The predicted molar refractivity (Wildman–Crippen MR) is 103 cm³/mol. The van der Waals surface area contributed by atoms with E-state index in [2.05, 4.69) is 48.6 Å². The molecule has 0 aromatic carbocycles. The number of hydrogen-bond donors (Lipinski definition) is 0. The van der Waals surface area contributed by atoms with Crippen molar-refractivity contribution in [2.45, 2.75) is 44.9 Å². The Bertz CT molecular complexity index is 955. The van der Waals surface area contributed by atoms with Crippen LogP contribution in [0.1, 0.15) is 44.9 Å². The van der Waals surface area contributed by atoms with Gasteiger partial charge in [0.05, 0.1) is 71.2 Å². The van der Waals surface area contributed by atoms with Crippen molar-refractivity contribution in [2.75, 3.05) is 0 Å². The Hall–Kier alpha value is -4.08. The average molecular weight is 408 g/mol. The monoisotopic (exact) mass is 408 g/mol. The first-order valence-corrected chi connectivity index (χ1v) is 10.1. The van der Waals surface area contributed by atoms with E-state index in [4.69, 9.17) is 0 Å². The van der Waals surface area contributed by atoms with Crippen molar-refractivity contribution < 1.29 is 0 Å². The van der Waals surface area contributed by atoms with E-state index in [0.717, 1.165) is 0 Å². The van der Waals surface area contributed by atoms with Crippen LogP contribution in [0.3, 0.4) is 0 Å². The molecule has 2 saturated carbocycles. The van der Waals surface area contributed by atoms with Gasteiger partial charge in [0.25, 0.3) is 0 Å². The molecule has 0 aromatic rings. The summed E-state index contributed by atoms with van der Waals surface area (Å²) in [6, 6.07) is 17.1. The molecule has 0 amide bonds. The molecule has 31 heavy (non-hydrogen) atoms. The highest BCUT2D eigenvalue weighted by molar-refractivity contribution is 5.34. The highest BCUT2D eigenvalue weighted by atomic mass is 14.7. The molecule has 2 aliphatic rings.